The summed E-state index contributed by atoms with van der Waals surface area (Å²) in [5.74, 6) is 2.63. The number of aliphatic hydroxyl groups is 1. The lowest BCUT2D eigenvalue weighted by molar-refractivity contribution is 0.216. The van der Waals surface area contributed by atoms with Crippen LogP contribution in [0.2, 0.25) is 0 Å². The van der Waals surface area contributed by atoms with Crippen LogP contribution in [0.5, 0.6) is 0 Å². The number of aromatic amines is 1. The second-order valence-electron chi connectivity index (χ2n) is 6.37. The van der Waals surface area contributed by atoms with Gasteiger partial charge in [0.05, 0.1) is 0 Å². The molecule has 0 spiro atoms. The Morgan fingerprint density at radius 2 is 1.76 bits per heavy atom. The summed E-state index contributed by atoms with van der Waals surface area (Å²) >= 11 is 0. The number of hydrogen-bond donors (Lipinski definition) is 3. The molecule has 1 aromatic heterocycles. The van der Waals surface area contributed by atoms with Crippen molar-refractivity contribution in [2.75, 3.05) is 13.2 Å². The van der Waals surface area contributed by atoms with E-state index in [4.69, 9.17) is 10.8 Å². The molecule has 0 fully saturated rings. The lowest BCUT2D eigenvalue weighted by atomic mass is 9.99. The maximum atomic E-state index is 8.76. The number of tetrazole rings is 1. The third-order valence-corrected chi connectivity index (χ3v) is 3.31. The number of nitrogens with zero attached hydrogens (tertiary/aromatic N) is 3. The van der Waals surface area contributed by atoms with E-state index >= 15 is 0 Å². The molecule has 6 nitrogen and oxygen atoms in total. The van der Waals surface area contributed by atoms with Crippen LogP contribution in [0.15, 0.2) is 0 Å². The lowest BCUT2D eigenvalue weighted by Gasteiger charge is -2.11. The molecule has 4 N–H and O–H groups in total. The van der Waals surface area contributed by atoms with Gasteiger partial charge in [0, 0.05) is 13.0 Å². The Bertz CT molecular complexity index is 310. The normalized spacial score (nSPS) is 12.4. The first-order valence-corrected chi connectivity index (χ1v) is 8.02. The van der Waals surface area contributed by atoms with E-state index in [0.717, 1.165) is 36.9 Å². The molecule has 0 saturated heterocycles. The van der Waals surface area contributed by atoms with Gasteiger partial charge in [0.25, 0.3) is 0 Å². The number of H-pyrrole nitrogens is 1. The summed E-state index contributed by atoms with van der Waals surface area (Å²) in [6.45, 7) is 9.66. The van der Waals surface area contributed by atoms with Crippen LogP contribution in [0, 0.1) is 17.8 Å². The summed E-state index contributed by atoms with van der Waals surface area (Å²) in [7, 11) is 0. The summed E-state index contributed by atoms with van der Waals surface area (Å²) in [6.07, 6.45) is 5.55. The summed E-state index contributed by atoms with van der Waals surface area (Å²) in [5, 5.41) is 22.4. The lowest BCUT2D eigenvalue weighted by Crippen LogP contribution is -2.18. The Labute approximate surface area is 128 Å². The maximum absolute atomic E-state index is 8.76. The molecule has 21 heavy (non-hydrogen) atoms. The molecule has 6 heteroatoms. The molecule has 0 radical (unpaired) electrons. The molecule has 1 aromatic rings. The highest BCUT2D eigenvalue weighted by atomic mass is 16.3. The van der Waals surface area contributed by atoms with Crippen LogP contribution >= 0.6 is 0 Å². The van der Waals surface area contributed by atoms with Gasteiger partial charge in [0.1, 0.15) is 0 Å². The molecular weight excluding hydrogens is 266 g/mol. The highest BCUT2D eigenvalue weighted by Gasteiger charge is 2.05. The molecule has 0 aliphatic heterocycles. The zero-order valence-corrected chi connectivity index (χ0v) is 14.0. The Morgan fingerprint density at radius 3 is 2.19 bits per heavy atom. The molecule has 124 valence electrons. The van der Waals surface area contributed by atoms with Gasteiger partial charge in [0.2, 0.25) is 0 Å². The van der Waals surface area contributed by atoms with E-state index in [1.165, 1.54) is 12.8 Å². The monoisotopic (exact) mass is 299 g/mol. The summed E-state index contributed by atoms with van der Waals surface area (Å²) in [6, 6.07) is 0. The molecule has 0 aliphatic carbocycles. The molecule has 0 aliphatic rings. The van der Waals surface area contributed by atoms with Crippen LogP contribution in [-0.4, -0.2) is 38.9 Å². The molecule has 1 atom stereocenters. The third-order valence-electron chi connectivity index (χ3n) is 3.31. The van der Waals surface area contributed by atoms with E-state index in [9.17, 15) is 0 Å². The van der Waals surface area contributed by atoms with Gasteiger partial charge >= 0.3 is 0 Å². The van der Waals surface area contributed by atoms with E-state index in [2.05, 4.69) is 48.3 Å². The van der Waals surface area contributed by atoms with Crippen molar-refractivity contribution in [3.63, 3.8) is 0 Å². The quantitative estimate of drug-likeness (QED) is 0.648. The highest BCUT2D eigenvalue weighted by Crippen LogP contribution is 2.10. The molecule has 0 saturated carbocycles. The number of nitrogens with two attached hydrogens (primary N) is 1. The Kier molecular flexibility index (Phi) is 12.1. The Balaban J connectivity index is 0.000000384. The molecule has 0 bridgehead atoms. The van der Waals surface area contributed by atoms with Gasteiger partial charge in [-0.1, -0.05) is 45.7 Å². The van der Waals surface area contributed by atoms with Gasteiger partial charge < -0.3 is 10.8 Å². The van der Waals surface area contributed by atoms with E-state index in [1.807, 2.05) is 0 Å². The van der Waals surface area contributed by atoms with Crippen molar-refractivity contribution in [1.29, 1.82) is 0 Å². The minimum Gasteiger partial charge on any atom is -0.396 e. The fourth-order valence-electron chi connectivity index (χ4n) is 1.81. The number of aryl methyl sites for hydroxylation is 1. The fourth-order valence-corrected chi connectivity index (χ4v) is 1.81. The summed E-state index contributed by atoms with van der Waals surface area (Å²) in [5.41, 5.74) is 5.41. The van der Waals surface area contributed by atoms with E-state index in [1.54, 1.807) is 0 Å². The molecule has 1 unspecified atom stereocenters. The molecule has 1 rings (SSSR count). The number of aromatic nitrogens is 4. The zero-order valence-electron chi connectivity index (χ0n) is 14.0. The SMILES string of the molecule is CC(C)CCC(CN)CO.CC(C)CCCc1nn[nH]n1. The van der Waals surface area contributed by atoms with Crippen molar-refractivity contribution in [3.05, 3.63) is 5.82 Å². The van der Waals surface area contributed by atoms with Crippen LogP contribution in [-0.2, 0) is 6.42 Å². The zero-order chi connectivity index (χ0) is 16.1. The van der Waals surface area contributed by atoms with Gasteiger partial charge in [0.15, 0.2) is 5.82 Å². The summed E-state index contributed by atoms with van der Waals surface area (Å²) in [4.78, 5) is 0. The highest BCUT2D eigenvalue weighted by molar-refractivity contribution is 4.75. The topological polar surface area (TPSA) is 101 Å². The van der Waals surface area contributed by atoms with Crippen LogP contribution in [0.25, 0.3) is 0 Å². The molecule has 0 amide bonds. The van der Waals surface area contributed by atoms with Crippen LogP contribution in [0.1, 0.15) is 59.2 Å². The smallest absolute Gasteiger partial charge is 0.174 e. The first-order valence-electron chi connectivity index (χ1n) is 8.02. The van der Waals surface area contributed by atoms with Gasteiger partial charge in [-0.15, -0.1) is 10.2 Å². The average Bonchev–Trinajstić information content (AvgIpc) is 2.93. The number of hydrogen-bond acceptors (Lipinski definition) is 5. The van der Waals surface area contributed by atoms with Gasteiger partial charge in [-0.25, -0.2) is 0 Å². The van der Waals surface area contributed by atoms with Gasteiger partial charge in [-0.2, -0.15) is 5.21 Å². The second kappa shape index (κ2) is 12.7. The van der Waals surface area contributed by atoms with Crippen LogP contribution in [0.4, 0.5) is 0 Å². The maximum Gasteiger partial charge on any atom is 0.174 e. The van der Waals surface area contributed by atoms with Crippen molar-refractivity contribution in [2.24, 2.45) is 23.5 Å². The van der Waals surface area contributed by atoms with Crippen molar-refractivity contribution < 1.29 is 5.11 Å². The van der Waals surface area contributed by atoms with Gasteiger partial charge in [-0.3, -0.25) is 0 Å². The summed E-state index contributed by atoms with van der Waals surface area (Å²) < 4.78 is 0. The molecular formula is C15H33N5O. The van der Waals surface area contributed by atoms with Crippen LogP contribution in [0.3, 0.4) is 0 Å². The average molecular weight is 299 g/mol. The van der Waals surface area contributed by atoms with E-state index in [0.29, 0.717) is 12.5 Å². The predicted octanol–water partition coefficient (Wildman–Crippen LogP) is 2.17. The predicted molar refractivity (Wildman–Crippen MR) is 85.7 cm³/mol. The van der Waals surface area contributed by atoms with E-state index < -0.39 is 0 Å². The van der Waals surface area contributed by atoms with Crippen molar-refractivity contribution in [3.8, 4) is 0 Å². The number of nitrogens with one attached hydrogen (secondary N) is 1. The van der Waals surface area contributed by atoms with Gasteiger partial charge in [-0.05, 0) is 37.1 Å². The minimum atomic E-state index is 0.239. The Hall–Kier alpha value is -1.01. The van der Waals surface area contributed by atoms with E-state index in [-0.39, 0.29) is 6.61 Å². The standard InChI is InChI=1S/C8H19NO.C7H14N4/c1-7(2)3-4-8(5-9)6-10;1-6(2)4-3-5-7-8-10-11-9-7/h7-8,10H,3-6,9H2,1-2H3;6H,3-5H2,1-2H3,(H,8,9,10,11). The second-order valence-corrected chi connectivity index (χ2v) is 6.37. The molecule has 1 heterocycles. The van der Waals surface area contributed by atoms with Crippen molar-refractivity contribution in [1.82, 2.24) is 20.6 Å². The fraction of sp³-hybridized carbons (Fsp3) is 0.933. The number of rotatable bonds is 9. The first kappa shape index (κ1) is 20.0. The minimum absolute atomic E-state index is 0.239. The third kappa shape index (κ3) is 12.4. The van der Waals surface area contributed by atoms with Crippen LogP contribution < -0.4 is 5.73 Å². The van der Waals surface area contributed by atoms with Crippen molar-refractivity contribution >= 4 is 0 Å². The van der Waals surface area contributed by atoms with Crippen molar-refractivity contribution in [2.45, 2.75) is 59.8 Å². The molecule has 0 aromatic carbocycles. The first-order chi connectivity index (χ1) is 9.99. The number of aliphatic hydroxyl groups excluding tert-OH is 1. The largest absolute Gasteiger partial charge is 0.396 e. The Morgan fingerprint density at radius 1 is 1.10 bits per heavy atom.